The van der Waals surface area contributed by atoms with Crippen LogP contribution in [0.4, 0.5) is 0 Å². The minimum atomic E-state index is -1.15. The van der Waals surface area contributed by atoms with E-state index in [-0.39, 0.29) is 18.1 Å². The Bertz CT molecular complexity index is 832. The van der Waals surface area contributed by atoms with E-state index in [0.717, 1.165) is 11.1 Å². The van der Waals surface area contributed by atoms with E-state index in [9.17, 15) is 9.90 Å². The van der Waals surface area contributed by atoms with Crippen LogP contribution in [0.15, 0.2) is 60.8 Å². The monoisotopic (exact) mass is 307 g/mol. The van der Waals surface area contributed by atoms with Crippen molar-refractivity contribution >= 4 is 16.9 Å². The number of nitrogens with zero attached hydrogens (tertiary/aromatic N) is 2. The Kier molecular flexibility index (Phi) is 4.04. The lowest BCUT2D eigenvalue weighted by molar-refractivity contribution is 0.0525. The highest BCUT2D eigenvalue weighted by atomic mass is 16.3. The number of nitrogens with one attached hydrogen (secondary N) is 1. The van der Waals surface area contributed by atoms with E-state index in [2.05, 4.69) is 15.3 Å². The Morgan fingerprint density at radius 1 is 1.09 bits per heavy atom. The average molecular weight is 307 g/mol. The van der Waals surface area contributed by atoms with Crippen molar-refractivity contribution in [1.29, 1.82) is 0 Å². The molecule has 0 fully saturated rings. The number of aliphatic hydroxyl groups is 1. The fraction of sp³-hybridized carbons (Fsp3) is 0.167. The quantitative estimate of drug-likeness (QED) is 0.775. The average Bonchev–Trinajstić information content (AvgIpc) is 2.60. The Balaban J connectivity index is 1.73. The lowest BCUT2D eigenvalue weighted by Crippen LogP contribution is -2.38. The molecule has 0 unspecified atom stereocenters. The molecule has 0 bridgehead atoms. The van der Waals surface area contributed by atoms with Gasteiger partial charge in [-0.15, -0.1) is 0 Å². The first-order valence-electron chi connectivity index (χ1n) is 7.34. The number of carbonyl (C=O) groups excluding carboxylic acids is 1. The summed E-state index contributed by atoms with van der Waals surface area (Å²) in [6.45, 7) is 1.75. The molecule has 5 heteroatoms. The van der Waals surface area contributed by atoms with E-state index < -0.39 is 5.60 Å². The Labute approximate surface area is 134 Å². The molecular weight excluding hydrogens is 290 g/mol. The predicted octanol–water partition coefficient (Wildman–Crippen LogP) is 2.27. The summed E-state index contributed by atoms with van der Waals surface area (Å²) in [4.78, 5) is 20.8. The molecule has 0 aliphatic carbocycles. The molecule has 1 amide bonds. The fourth-order valence-electron chi connectivity index (χ4n) is 2.31. The third kappa shape index (κ3) is 3.35. The molecule has 3 aromatic rings. The number of hydrogen-bond acceptors (Lipinski definition) is 4. The van der Waals surface area contributed by atoms with Gasteiger partial charge >= 0.3 is 0 Å². The summed E-state index contributed by atoms with van der Waals surface area (Å²) >= 11 is 0. The zero-order chi connectivity index (χ0) is 16.3. The van der Waals surface area contributed by atoms with E-state index in [1.165, 1.54) is 6.20 Å². The first-order valence-corrected chi connectivity index (χ1v) is 7.34. The van der Waals surface area contributed by atoms with Crippen molar-refractivity contribution in [3.8, 4) is 0 Å². The van der Waals surface area contributed by atoms with Gasteiger partial charge in [0.05, 0.1) is 23.8 Å². The van der Waals surface area contributed by atoms with Gasteiger partial charge in [0, 0.05) is 0 Å². The minimum Gasteiger partial charge on any atom is -0.384 e. The van der Waals surface area contributed by atoms with Crippen LogP contribution >= 0.6 is 0 Å². The number of aromatic nitrogens is 2. The topological polar surface area (TPSA) is 75.1 Å². The van der Waals surface area contributed by atoms with Crippen molar-refractivity contribution < 1.29 is 9.90 Å². The summed E-state index contributed by atoms with van der Waals surface area (Å²) in [5, 5.41) is 13.2. The van der Waals surface area contributed by atoms with Gasteiger partial charge in [0.15, 0.2) is 0 Å². The number of rotatable bonds is 4. The largest absolute Gasteiger partial charge is 0.384 e. The second-order valence-corrected chi connectivity index (χ2v) is 5.57. The van der Waals surface area contributed by atoms with Crippen LogP contribution in [0, 0.1) is 0 Å². The molecule has 0 aliphatic rings. The second-order valence-electron chi connectivity index (χ2n) is 5.57. The maximum atomic E-state index is 12.2. The van der Waals surface area contributed by atoms with Crippen molar-refractivity contribution in [1.82, 2.24) is 15.3 Å². The highest BCUT2D eigenvalue weighted by Crippen LogP contribution is 2.19. The van der Waals surface area contributed by atoms with Crippen LogP contribution in [0.3, 0.4) is 0 Å². The molecule has 5 nitrogen and oxygen atoms in total. The molecule has 1 atom stereocenters. The Hall–Kier alpha value is -2.79. The molecule has 1 aromatic heterocycles. The SMILES string of the molecule is C[C@@](O)(CNC(=O)c1cnc2ccccc2n1)c1ccccc1. The van der Waals surface area contributed by atoms with Gasteiger partial charge in [0.1, 0.15) is 11.3 Å². The lowest BCUT2D eigenvalue weighted by atomic mass is 9.96. The number of hydrogen-bond donors (Lipinski definition) is 2. The summed E-state index contributed by atoms with van der Waals surface area (Å²) in [7, 11) is 0. The summed E-state index contributed by atoms with van der Waals surface area (Å²) < 4.78 is 0. The highest BCUT2D eigenvalue weighted by molar-refractivity contribution is 5.93. The normalized spacial score (nSPS) is 13.5. The molecule has 0 saturated carbocycles. The van der Waals surface area contributed by atoms with Gasteiger partial charge in [-0.1, -0.05) is 42.5 Å². The van der Waals surface area contributed by atoms with Gasteiger partial charge in [-0.05, 0) is 24.6 Å². The van der Waals surface area contributed by atoms with Gasteiger partial charge in [0.2, 0.25) is 0 Å². The third-order valence-corrected chi connectivity index (χ3v) is 3.67. The van der Waals surface area contributed by atoms with Gasteiger partial charge in [-0.2, -0.15) is 0 Å². The molecule has 0 aliphatic heterocycles. The third-order valence-electron chi connectivity index (χ3n) is 3.67. The highest BCUT2D eigenvalue weighted by Gasteiger charge is 2.24. The maximum Gasteiger partial charge on any atom is 0.271 e. The van der Waals surface area contributed by atoms with Gasteiger partial charge in [-0.3, -0.25) is 9.78 Å². The van der Waals surface area contributed by atoms with Crippen LogP contribution in [0.2, 0.25) is 0 Å². The molecule has 2 N–H and O–H groups in total. The number of para-hydroxylation sites is 2. The second kappa shape index (κ2) is 6.14. The maximum absolute atomic E-state index is 12.2. The lowest BCUT2D eigenvalue weighted by Gasteiger charge is -2.24. The summed E-state index contributed by atoms with van der Waals surface area (Å²) in [6, 6.07) is 16.6. The van der Waals surface area contributed by atoms with Crippen LogP contribution in [-0.4, -0.2) is 27.5 Å². The van der Waals surface area contributed by atoms with Crippen LogP contribution in [0.5, 0.6) is 0 Å². The van der Waals surface area contributed by atoms with E-state index in [4.69, 9.17) is 0 Å². The van der Waals surface area contributed by atoms with Crippen LogP contribution < -0.4 is 5.32 Å². The van der Waals surface area contributed by atoms with Crippen LogP contribution in [-0.2, 0) is 5.60 Å². The molecule has 0 spiro atoms. The smallest absolute Gasteiger partial charge is 0.271 e. The van der Waals surface area contributed by atoms with Crippen molar-refractivity contribution in [2.24, 2.45) is 0 Å². The van der Waals surface area contributed by atoms with E-state index in [1.54, 1.807) is 13.0 Å². The molecule has 23 heavy (non-hydrogen) atoms. The van der Waals surface area contributed by atoms with Gasteiger partial charge in [-0.25, -0.2) is 4.98 Å². The first kappa shape index (κ1) is 15.1. The first-order chi connectivity index (χ1) is 11.1. The number of benzene rings is 2. The van der Waals surface area contributed by atoms with Crippen molar-refractivity contribution in [2.45, 2.75) is 12.5 Å². The van der Waals surface area contributed by atoms with E-state index in [0.29, 0.717) is 5.52 Å². The minimum absolute atomic E-state index is 0.0877. The summed E-state index contributed by atoms with van der Waals surface area (Å²) in [6.07, 6.45) is 1.44. The van der Waals surface area contributed by atoms with Crippen molar-refractivity contribution in [3.05, 3.63) is 72.1 Å². The van der Waals surface area contributed by atoms with Crippen molar-refractivity contribution in [3.63, 3.8) is 0 Å². The Morgan fingerprint density at radius 3 is 2.48 bits per heavy atom. The summed E-state index contributed by atoms with van der Waals surface area (Å²) in [5.74, 6) is -0.362. The molecule has 116 valence electrons. The fourth-order valence-corrected chi connectivity index (χ4v) is 2.31. The summed E-state index contributed by atoms with van der Waals surface area (Å²) in [5.41, 5.74) is 1.22. The number of amides is 1. The van der Waals surface area contributed by atoms with E-state index >= 15 is 0 Å². The molecular formula is C18H17N3O2. The Morgan fingerprint density at radius 2 is 1.74 bits per heavy atom. The molecule has 0 saturated heterocycles. The van der Waals surface area contributed by atoms with Gasteiger partial charge in [0.25, 0.3) is 5.91 Å². The molecule has 2 aromatic carbocycles. The zero-order valence-electron chi connectivity index (χ0n) is 12.7. The van der Waals surface area contributed by atoms with E-state index in [1.807, 2.05) is 48.5 Å². The van der Waals surface area contributed by atoms with Crippen LogP contribution in [0.1, 0.15) is 23.0 Å². The van der Waals surface area contributed by atoms with Gasteiger partial charge < -0.3 is 10.4 Å². The molecule has 0 radical (unpaired) electrons. The standard InChI is InChI=1S/C18H17N3O2/c1-18(23,13-7-3-2-4-8-13)12-20-17(22)16-11-19-14-9-5-6-10-15(14)21-16/h2-11,23H,12H2,1H3,(H,20,22)/t18-/m1/s1. The molecule has 1 heterocycles. The number of carbonyl (C=O) groups is 1. The van der Waals surface area contributed by atoms with Crippen molar-refractivity contribution in [2.75, 3.05) is 6.54 Å². The van der Waals surface area contributed by atoms with Crippen LogP contribution in [0.25, 0.3) is 11.0 Å². The zero-order valence-corrected chi connectivity index (χ0v) is 12.7. The number of fused-ring (bicyclic) bond motifs is 1. The molecule has 3 rings (SSSR count). The predicted molar refractivity (Wildman–Crippen MR) is 87.9 cm³/mol.